The SMILES string of the molecule is CNC(=O)Nc1cccc2c1C(=O)/C(=C/c1cn(C)c3nccc(-c4ccccc4)c13)O2. The summed E-state index contributed by atoms with van der Waals surface area (Å²) in [5.41, 5.74) is 4.45. The lowest BCUT2D eigenvalue weighted by Crippen LogP contribution is -2.25. The summed E-state index contributed by atoms with van der Waals surface area (Å²) in [5, 5.41) is 6.10. The van der Waals surface area contributed by atoms with Gasteiger partial charge in [-0.15, -0.1) is 0 Å². The van der Waals surface area contributed by atoms with E-state index in [0.717, 1.165) is 27.7 Å². The van der Waals surface area contributed by atoms with Crippen LogP contribution in [0.15, 0.2) is 72.8 Å². The highest BCUT2D eigenvalue weighted by Gasteiger charge is 2.31. The van der Waals surface area contributed by atoms with E-state index in [1.807, 2.05) is 54.2 Å². The van der Waals surface area contributed by atoms with Gasteiger partial charge in [0.15, 0.2) is 5.76 Å². The summed E-state index contributed by atoms with van der Waals surface area (Å²) in [5.74, 6) is 0.326. The van der Waals surface area contributed by atoms with Crippen molar-refractivity contribution in [2.75, 3.05) is 12.4 Å². The molecule has 0 saturated carbocycles. The number of carbonyl (C=O) groups excluding carboxylic acids is 2. The zero-order chi connectivity index (χ0) is 22.2. The van der Waals surface area contributed by atoms with Crippen LogP contribution in [-0.4, -0.2) is 28.4 Å². The number of ketones is 1. The van der Waals surface area contributed by atoms with E-state index in [-0.39, 0.29) is 11.5 Å². The van der Waals surface area contributed by atoms with Crippen LogP contribution >= 0.6 is 0 Å². The Balaban J connectivity index is 1.62. The van der Waals surface area contributed by atoms with Crippen LogP contribution in [0.1, 0.15) is 15.9 Å². The van der Waals surface area contributed by atoms with Crippen molar-refractivity contribution >= 4 is 34.6 Å². The Bertz CT molecular complexity index is 1400. The Labute approximate surface area is 184 Å². The molecule has 0 bridgehead atoms. The fraction of sp³-hybridized carbons (Fsp3) is 0.0800. The number of hydrogen-bond donors (Lipinski definition) is 2. The van der Waals surface area contributed by atoms with Crippen molar-refractivity contribution in [2.45, 2.75) is 0 Å². The van der Waals surface area contributed by atoms with Crippen LogP contribution in [0.5, 0.6) is 5.75 Å². The number of fused-ring (bicyclic) bond motifs is 2. The quantitative estimate of drug-likeness (QED) is 0.471. The molecule has 2 aromatic carbocycles. The first-order valence-corrected chi connectivity index (χ1v) is 10.1. The molecule has 2 amide bonds. The van der Waals surface area contributed by atoms with E-state index in [2.05, 4.69) is 15.6 Å². The highest BCUT2D eigenvalue weighted by molar-refractivity contribution is 6.19. The molecule has 158 valence electrons. The van der Waals surface area contributed by atoms with Gasteiger partial charge in [-0.25, -0.2) is 9.78 Å². The second-order valence-corrected chi connectivity index (χ2v) is 7.44. The number of nitrogens with one attached hydrogen (secondary N) is 2. The molecule has 0 aliphatic carbocycles. The van der Waals surface area contributed by atoms with Gasteiger partial charge in [0.1, 0.15) is 11.4 Å². The molecule has 1 aliphatic heterocycles. The molecular formula is C25H20N4O3. The van der Waals surface area contributed by atoms with Crippen LogP contribution in [0.2, 0.25) is 0 Å². The number of pyridine rings is 1. The topological polar surface area (TPSA) is 85.3 Å². The first kappa shape index (κ1) is 19.6. The van der Waals surface area contributed by atoms with E-state index < -0.39 is 6.03 Å². The fourth-order valence-electron chi connectivity index (χ4n) is 3.97. The molecule has 5 rings (SSSR count). The zero-order valence-electron chi connectivity index (χ0n) is 17.5. The number of urea groups is 1. The number of amides is 2. The van der Waals surface area contributed by atoms with Crippen molar-refractivity contribution < 1.29 is 14.3 Å². The van der Waals surface area contributed by atoms with Crippen molar-refractivity contribution in [3.05, 3.63) is 83.9 Å². The maximum atomic E-state index is 13.2. The molecule has 0 fully saturated rings. The summed E-state index contributed by atoms with van der Waals surface area (Å²) in [4.78, 5) is 29.5. The predicted molar refractivity (Wildman–Crippen MR) is 124 cm³/mol. The molecule has 0 spiro atoms. The molecule has 0 radical (unpaired) electrons. The Kier molecular flexibility index (Phi) is 4.71. The molecule has 2 aromatic heterocycles. The molecule has 0 unspecified atom stereocenters. The van der Waals surface area contributed by atoms with Crippen molar-refractivity contribution in [3.63, 3.8) is 0 Å². The van der Waals surface area contributed by atoms with Crippen molar-refractivity contribution in [1.29, 1.82) is 0 Å². The number of carbonyl (C=O) groups is 2. The molecule has 7 nitrogen and oxygen atoms in total. The number of benzene rings is 2. The summed E-state index contributed by atoms with van der Waals surface area (Å²) in [6.07, 6.45) is 5.45. The number of anilines is 1. The molecule has 0 saturated heterocycles. The maximum absolute atomic E-state index is 13.2. The number of allylic oxidation sites excluding steroid dienone is 1. The summed E-state index contributed by atoms with van der Waals surface area (Å²) in [6.45, 7) is 0. The van der Waals surface area contributed by atoms with E-state index in [1.165, 1.54) is 7.05 Å². The number of aromatic nitrogens is 2. The van der Waals surface area contributed by atoms with E-state index in [9.17, 15) is 9.59 Å². The van der Waals surface area contributed by atoms with E-state index in [1.54, 1.807) is 30.5 Å². The second kappa shape index (κ2) is 7.70. The molecule has 3 heterocycles. The first-order valence-electron chi connectivity index (χ1n) is 10.1. The molecule has 0 atom stereocenters. The normalized spacial score (nSPS) is 13.8. The summed E-state index contributed by atoms with van der Waals surface area (Å²) < 4.78 is 7.82. The third-order valence-corrected chi connectivity index (χ3v) is 5.43. The number of ether oxygens (including phenoxy) is 1. The lowest BCUT2D eigenvalue weighted by atomic mass is 10.0. The number of Topliss-reactive ketones (excluding diaryl/α,β-unsaturated/α-hetero) is 1. The van der Waals surface area contributed by atoms with Gasteiger partial charge < -0.3 is 19.9 Å². The van der Waals surface area contributed by atoms with Gasteiger partial charge in [-0.2, -0.15) is 0 Å². The van der Waals surface area contributed by atoms with Gasteiger partial charge in [-0.1, -0.05) is 36.4 Å². The van der Waals surface area contributed by atoms with Gasteiger partial charge in [0.05, 0.1) is 11.3 Å². The Morgan fingerprint density at radius 3 is 2.69 bits per heavy atom. The van der Waals surface area contributed by atoms with Crippen molar-refractivity contribution in [3.8, 4) is 16.9 Å². The van der Waals surface area contributed by atoms with Crippen LogP contribution in [0.25, 0.3) is 28.2 Å². The zero-order valence-corrected chi connectivity index (χ0v) is 17.5. The molecule has 7 heteroatoms. The predicted octanol–water partition coefficient (Wildman–Crippen LogP) is 4.61. The Morgan fingerprint density at radius 2 is 1.91 bits per heavy atom. The second-order valence-electron chi connectivity index (χ2n) is 7.44. The Morgan fingerprint density at radius 1 is 1.09 bits per heavy atom. The molecule has 1 aliphatic rings. The van der Waals surface area contributed by atoms with E-state index in [0.29, 0.717) is 17.0 Å². The third kappa shape index (κ3) is 3.20. The Hall–Kier alpha value is -4.39. The van der Waals surface area contributed by atoms with Crippen LogP contribution in [-0.2, 0) is 7.05 Å². The van der Waals surface area contributed by atoms with Crippen LogP contribution < -0.4 is 15.4 Å². The van der Waals surface area contributed by atoms with E-state index >= 15 is 0 Å². The van der Waals surface area contributed by atoms with E-state index in [4.69, 9.17) is 4.74 Å². The molecule has 32 heavy (non-hydrogen) atoms. The average Bonchev–Trinajstić information content (AvgIpc) is 3.31. The van der Waals surface area contributed by atoms with Gasteiger partial charge in [0.25, 0.3) is 0 Å². The highest BCUT2D eigenvalue weighted by Crippen LogP contribution is 2.38. The fourth-order valence-corrected chi connectivity index (χ4v) is 3.97. The minimum atomic E-state index is -0.406. The summed E-state index contributed by atoms with van der Waals surface area (Å²) in [6, 6.07) is 16.7. The lowest BCUT2D eigenvalue weighted by Gasteiger charge is -2.06. The summed E-state index contributed by atoms with van der Waals surface area (Å²) in [7, 11) is 3.44. The lowest BCUT2D eigenvalue weighted by molar-refractivity contribution is 0.101. The smallest absolute Gasteiger partial charge is 0.318 e. The number of rotatable bonds is 3. The number of nitrogens with zero attached hydrogens (tertiary/aromatic N) is 2. The number of hydrogen-bond acceptors (Lipinski definition) is 4. The van der Waals surface area contributed by atoms with Crippen LogP contribution in [0, 0.1) is 0 Å². The van der Waals surface area contributed by atoms with Gasteiger partial charge in [-0.05, 0) is 35.4 Å². The third-order valence-electron chi connectivity index (χ3n) is 5.43. The largest absolute Gasteiger partial charge is 0.452 e. The highest BCUT2D eigenvalue weighted by atomic mass is 16.5. The maximum Gasteiger partial charge on any atom is 0.318 e. The van der Waals surface area contributed by atoms with Gasteiger partial charge >= 0.3 is 6.03 Å². The van der Waals surface area contributed by atoms with Crippen LogP contribution in [0.3, 0.4) is 0 Å². The van der Waals surface area contributed by atoms with Gasteiger partial charge in [0.2, 0.25) is 5.78 Å². The molecule has 2 N–H and O–H groups in total. The average molecular weight is 424 g/mol. The summed E-state index contributed by atoms with van der Waals surface area (Å²) >= 11 is 0. The number of aryl methyl sites for hydroxylation is 1. The monoisotopic (exact) mass is 424 g/mol. The van der Waals surface area contributed by atoms with Gasteiger partial charge in [-0.3, -0.25) is 4.79 Å². The van der Waals surface area contributed by atoms with Crippen LogP contribution in [0.4, 0.5) is 10.5 Å². The van der Waals surface area contributed by atoms with Crippen molar-refractivity contribution in [2.24, 2.45) is 7.05 Å². The minimum absolute atomic E-state index is 0.196. The molecular weight excluding hydrogens is 404 g/mol. The molecule has 4 aromatic rings. The minimum Gasteiger partial charge on any atom is -0.452 e. The standard InChI is InChI=1S/C25H20N4O3/c1-26-25(31)28-18-9-6-10-19-22(18)23(30)20(32-19)13-16-14-29(2)24-21(16)17(11-12-27-24)15-7-4-3-5-8-15/h3-14H,1-2H3,(H2,26,28,31)/b20-13-. The van der Waals surface area contributed by atoms with Crippen molar-refractivity contribution in [1.82, 2.24) is 14.9 Å². The van der Waals surface area contributed by atoms with Gasteiger partial charge in [0, 0.05) is 37.4 Å². The first-order chi connectivity index (χ1) is 15.6.